The number of aromatic nitrogens is 1. The topological polar surface area (TPSA) is 136 Å². The molecule has 0 radical (unpaired) electrons. The van der Waals surface area contributed by atoms with Crippen molar-refractivity contribution in [1.82, 2.24) is 4.98 Å². The predicted molar refractivity (Wildman–Crippen MR) is 48.9 cm³/mol. The lowest BCUT2D eigenvalue weighted by Crippen LogP contribution is -2.16. The van der Waals surface area contributed by atoms with Gasteiger partial charge in [0, 0.05) is 6.07 Å². The van der Waals surface area contributed by atoms with Crippen molar-refractivity contribution in [3.8, 4) is 5.75 Å². The first kappa shape index (κ1) is 13.2. The summed E-state index contributed by atoms with van der Waals surface area (Å²) in [6, 6.07) is 0.272. The van der Waals surface area contributed by atoms with E-state index in [2.05, 4.69) is 10.1 Å². The molecule has 8 nitrogen and oxygen atoms in total. The van der Waals surface area contributed by atoms with Gasteiger partial charge in [0.1, 0.15) is 5.69 Å². The molecule has 0 aliphatic rings. The molecule has 0 spiro atoms. The van der Waals surface area contributed by atoms with Gasteiger partial charge in [-0.3, -0.25) is 10.1 Å². The first-order valence-electron chi connectivity index (χ1n) is 3.84. The Balaban J connectivity index is 3.67. The van der Waals surface area contributed by atoms with E-state index in [4.69, 9.17) is 0 Å². The number of hydrogen-bond donors (Lipinski definition) is 2. The molecule has 11 heteroatoms. The number of hydrogen-bond acceptors (Lipinski definition) is 6. The molecule has 0 bridgehead atoms. The molecule has 0 aliphatic carbocycles. The summed E-state index contributed by atoms with van der Waals surface area (Å²) in [7, 11) is -4.64. The zero-order valence-corrected chi connectivity index (χ0v) is 8.69. The van der Waals surface area contributed by atoms with Crippen LogP contribution in [-0.4, -0.2) is 23.4 Å². The van der Waals surface area contributed by atoms with E-state index in [1.54, 1.807) is 0 Å². The Morgan fingerprint density at radius 3 is 2.41 bits per heavy atom. The van der Waals surface area contributed by atoms with Gasteiger partial charge < -0.3 is 5.11 Å². The Morgan fingerprint density at radius 2 is 2.06 bits per heavy atom. The highest BCUT2D eigenvalue weighted by Crippen LogP contribution is 2.34. The largest absolute Gasteiger partial charge is 0.500 e. The summed E-state index contributed by atoms with van der Waals surface area (Å²) in [6.07, 6.45) is -3.24. The molecule has 0 saturated carbocycles. The van der Waals surface area contributed by atoms with Gasteiger partial charge in [-0.2, -0.15) is 0 Å². The van der Waals surface area contributed by atoms with Crippen molar-refractivity contribution >= 4 is 15.7 Å². The van der Waals surface area contributed by atoms with Gasteiger partial charge in [-0.15, -0.1) is 0 Å². The van der Waals surface area contributed by atoms with Gasteiger partial charge in [0.25, 0.3) is 16.4 Å². The van der Waals surface area contributed by atoms with Crippen molar-refractivity contribution in [2.24, 2.45) is 5.14 Å². The van der Waals surface area contributed by atoms with E-state index in [-0.39, 0.29) is 6.07 Å². The maximum Gasteiger partial charge on any atom is 0.315 e. The van der Waals surface area contributed by atoms with Crippen LogP contribution in [0.5, 0.6) is 5.75 Å². The van der Waals surface area contributed by atoms with Gasteiger partial charge in [0.05, 0.1) is 4.92 Å². The van der Waals surface area contributed by atoms with Crippen LogP contribution < -0.4 is 5.14 Å². The summed E-state index contributed by atoms with van der Waals surface area (Å²) in [5, 5.41) is 22.8. The predicted octanol–water partition coefficient (Wildman–Crippen LogP) is 0.280. The molecular formula is C6H5F2N3O5S. The Hall–Kier alpha value is -1.88. The first-order valence-corrected chi connectivity index (χ1v) is 5.38. The second-order valence-electron chi connectivity index (χ2n) is 2.82. The molecular weight excluding hydrogens is 264 g/mol. The second-order valence-corrected chi connectivity index (χ2v) is 4.30. The fourth-order valence-corrected chi connectivity index (χ4v) is 1.58. The lowest BCUT2D eigenvalue weighted by Gasteiger charge is -2.05. The van der Waals surface area contributed by atoms with Gasteiger partial charge in [0.15, 0.2) is 0 Å². The van der Waals surface area contributed by atoms with E-state index >= 15 is 0 Å². The molecule has 0 aromatic carbocycles. The van der Waals surface area contributed by atoms with Crippen molar-refractivity contribution in [3.05, 3.63) is 21.9 Å². The quantitative estimate of drug-likeness (QED) is 0.597. The smallest absolute Gasteiger partial charge is 0.315 e. The molecule has 0 atom stereocenters. The van der Waals surface area contributed by atoms with E-state index in [0.717, 1.165) is 0 Å². The highest BCUT2D eigenvalue weighted by atomic mass is 32.2. The number of sulfonamides is 1. The van der Waals surface area contributed by atoms with Crippen LogP contribution in [0.4, 0.5) is 14.5 Å². The number of nitrogens with two attached hydrogens (primary N) is 1. The Labute approximate surface area is 92.9 Å². The first-order chi connectivity index (χ1) is 7.64. The SMILES string of the molecule is NS(=O)(=O)c1nc(C(F)F)cc([N+](=O)[O-])c1O. The second kappa shape index (κ2) is 4.18. The summed E-state index contributed by atoms with van der Waals surface area (Å²) in [6.45, 7) is 0. The molecule has 0 saturated heterocycles. The maximum absolute atomic E-state index is 12.3. The van der Waals surface area contributed by atoms with Crippen LogP contribution in [0.3, 0.4) is 0 Å². The fraction of sp³-hybridized carbons (Fsp3) is 0.167. The average Bonchev–Trinajstić information content (AvgIpc) is 2.15. The van der Waals surface area contributed by atoms with Crippen LogP contribution in [-0.2, 0) is 10.0 Å². The lowest BCUT2D eigenvalue weighted by atomic mass is 10.3. The normalized spacial score (nSPS) is 11.8. The van der Waals surface area contributed by atoms with E-state index in [1.165, 1.54) is 0 Å². The highest BCUT2D eigenvalue weighted by molar-refractivity contribution is 7.89. The number of alkyl halides is 2. The van der Waals surface area contributed by atoms with Gasteiger partial charge >= 0.3 is 5.69 Å². The van der Waals surface area contributed by atoms with Crippen LogP contribution in [0.1, 0.15) is 12.1 Å². The minimum absolute atomic E-state index is 0.272. The molecule has 1 aromatic heterocycles. The highest BCUT2D eigenvalue weighted by Gasteiger charge is 2.29. The van der Waals surface area contributed by atoms with Crippen molar-refractivity contribution < 1.29 is 27.2 Å². The number of nitrogens with zero attached hydrogens (tertiary/aromatic N) is 2. The zero-order chi connectivity index (χ0) is 13.4. The lowest BCUT2D eigenvalue weighted by molar-refractivity contribution is -0.386. The summed E-state index contributed by atoms with van der Waals surface area (Å²) in [5.41, 5.74) is -2.38. The van der Waals surface area contributed by atoms with Crippen LogP contribution >= 0.6 is 0 Å². The minimum atomic E-state index is -4.64. The van der Waals surface area contributed by atoms with Crippen LogP contribution in [0.2, 0.25) is 0 Å². The fourth-order valence-electron chi connectivity index (χ4n) is 0.970. The van der Waals surface area contributed by atoms with Gasteiger partial charge in [-0.25, -0.2) is 27.3 Å². The summed E-state index contributed by atoms with van der Waals surface area (Å²) < 4.78 is 46.4. The molecule has 0 aliphatic heterocycles. The number of halogens is 2. The van der Waals surface area contributed by atoms with Crippen molar-refractivity contribution in [2.45, 2.75) is 11.5 Å². The molecule has 0 amide bonds. The van der Waals surface area contributed by atoms with E-state index in [0.29, 0.717) is 0 Å². The number of primary sulfonamides is 1. The number of pyridine rings is 1. The van der Waals surface area contributed by atoms with Crippen LogP contribution in [0, 0.1) is 10.1 Å². The van der Waals surface area contributed by atoms with Gasteiger partial charge in [0.2, 0.25) is 10.8 Å². The molecule has 1 heterocycles. The van der Waals surface area contributed by atoms with E-state index < -0.39 is 43.5 Å². The standard InChI is InChI=1S/C6H5F2N3O5S/c7-5(8)2-1-3(11(13)14)4(12)6(10-2)17(9,15)16/h1,5,12H,(H2,9,15,16). The number of nitro groups is 1. The third-order valence-corrected chi connectivity index (χ3v) is 2.47. The average molecular weight is 269 g/mol. The zero-order valence-electron chi connectivity index (χ0n) is 7.87. The Bertz CT molecular complexity index is 573. The molecule has 3 N–H and O–H groups in total. The molecule has 0 unspecified atom stereocenters. The molecule has 17 heavy (non-hydrogen) atoms. The van der Waals surface area contributed by atoms with E-state index in [9.17, 15) is 32.4 Å². The molecule has 0 fully saturated rings. The Morgan fingerprint density at radius 1 is 1.53 bits per heavy atom. The summed E-state index contributed by atoms with van der Waals surface area (Å²) in [4.78, 5) is 12.1. The number of aromatic hydroxyl groups is 1. The minimum Gasteiger partial charge on any atom is -0.500 e. The van der Waals surface area contributed by atoms with Gasteiger partial charge in [-0.05, 0) is 0 Å². The van der Waals surface area contributed by atoms with Crippen LogP contribution in [0.25, 0.3) is 0 Å². The molecule has 1 rings (SSSR count). The third kappa shape index (κ3) is 2.62. The van der Waals surface area contributed by atoms with Crippen molar-refractivity contribution in [1.29, 1.82) is 0 Å². The Kier molecular flexibility index (Phi) is 3.24. The van der Waals surface area contributed by atoms with Crippen LogP contribution in [0.15, 0.2) is 11.1 Å². The molecule has 1 aromatic rings. The number of rotatable bonds is 3. The summed E-state index contributed by atoms with van der Waals surface area (Å²) in [5.74, 6) is -1.37. The van der Waals surface area contributed by atoms with Crippen molar-refractivity contribution in [3.63, 3.8) is 0 Å². The molecule has 94 valence electrons. The monoisotopic (exact) mass is 269 g/mol. The van der Waals surface area contributed by atoms with Gasteiger partial charge in [-0.1, -0.05) is 0 Å². The summed E-state index contributed by atoms with van der Waals surface area (Å²) >= 11 is 0. The third-order valence-electron chi connectivity index (χ3n) is 1.65. The van der Waals surface area contributed by atoms with Crippen molar-refractivity contribution in [2.75, 3.05) is 0 Å². The maximum atomic E-state index is 12.3. The van der Waals surface area contributed by atoms with E-state index in [1.807, 2.05) is 0 Å².